The summed E-state index contributed by atoms with van der Waals surface area (Å²) in [5.74, 6) is -4.45. The van der Waals surface area contributed by atoms with Gasteiger partial charge in [-0.15, -0.1) is 0 Å². The summed E-state index contributed by atoms with van der Waals surface area (Å²) < 4.78 is 53.9. The highest BCUT2D eigenvalue weighted by atomic mass is 19.3. The molecule has 0 radical (unpaired) electrons. The molecule has 0 aliphatic carbocycles. The topological polar surface area (TPSA) is 39.2 Å². The van der Waals surface area contributed by atoms with Gasteiger partial charge in [-0.25, -0.2) is 27.3 Å². The van der Waals surface area contributed by atoms with E-state index in [2.05, 4.69) is 9.72 Å². The molecule has 3 nitrogen and oxygen atoms in total. The van der Waals surface area contributed by atoms with Gasteiger partial charge >= 0.3 is 5.97 Å². The summed E-state index contributed by atoms with van der Waals surface area (Å²) in [6, 6.07) is 0.396. The zero-order valence-corrected chi connectivity index (χ0v) is 7.43. The normalized spacial score (nSPS) is 10.5. The lowest BCUT2D eigenvalue weighted by molar-refractivity contribution is 0.0591. The third-order valence-electron chi connectivity index (χ3n) is 1.54. The lowest BCUT2D eigenvalue weighted by Gasteiger charge is -2.04. The van der Waals surface area contributed by atoms with Crippen LogP contribution in [-0.4, -0.2) is 18.1 Å². The molecule has 0 saturated heterocycles. The Hall–Kier alpha value is -1.66. The van der Waals surface area contributed by atoms with E-state index >= 15 is 0 Å². The molecule has 0 aliphatic rings. The van der Waals surface area contributed by atoms with Gasteiger partial charge in [-0.05, 0) is 0 Å². The number of hydrogen-bond acceptors (Lipinski definition) is 3. The van der Waals surface area contributed by atoms with E-state index in [0.29, 0.717) is 6.07 Å². The van der Waals surface area contributed by atoms with Gasteiger partial charge in [0.15, 0.2) is 17.3 Å². The second kappa shape index (κ2) is 4.24. The fourth-order valence-corrected chi connectivity index (χ4v) is 0.871. The molecule has 1 rings (SSSR count). The smallest absolute Gasteiger partial charge is 0.356 e. The van der Waals surface area contributed by atoms with Crippen LogP contribution in [0.1, 0.15) is 22.6 Å². The van der Waals surface area contributed by atoms with Gasteiger partial charge in [0.25, 0.3) is 6.43 Å². The first kappa shape index (κ1) is 11.4. The first-order chi connectivity index (χ1) is 6.97. The summed E-state index contributed by atoms with van der Waals surface area (Å²) in [6.45, 7) is 0. The third-order valence-corrected chi connectivity index (χ3v) is 1.54. The van der Waals surface area contributed by atoms with Gasteiger partial charge in [-0.1, -0.05) is 0 Å². The van der Waals surface area contributed by atoms with Crippen LogP contribution in [-0.2, 0) is 4.74 Å². The molecule has 82 valence electrons. The number of rotatable bonds is 2. The Kier molecular flexibility index (Phi) is 3.23. The van der Waals surface area contributed by atoms with E-state index in [0.717, 1.165) is 7.11 Å². The molecule has 0 atom stereocenters. The van der Waals surface area contributed by atoms with Crippen LogP contribution in [0.2, 0.25) is 0 Å². The maximum atomic E-state index is 12.7. The van der Waals surface area contributed by atoms with Crippen LogP contribution in [0.15, 0.2) is 6.07 Å². The zero-order valence-electron chi connectivity index (χ0n) is 7.43. The van der Waals surface area contributed by atoms with E-state index in [1.807, 2.05) is 0 Å². The van der Waals surface area contributed by atoms with Crippen LogP contribution in [0.3, 0.4) is 0 Å². The SMILES string of the molecule is COC(=O)c1cc(F)c(F)c(C(F)F)n1. The molecule has 1 aromatic heterocycles. The van der Waals surface area contributed by atoms with Crippen molar-refractivity contribution >= 4 is 5.97 Å². The minimum Gasteiger partial charge on any atom is -0.464 e. The molecule has 15 heavy (non-hydrogen) atoms. The number of aromatic nitrogens is 1. The summed E-state index contributed by atoms with van der Waals surface area (Å²) >= 11 is 0. The first-order valence-corrected chi connectivity index (χ1v) is 3.69. The van der Waals surface area contributed by atoms with Crippen LogP contribution < -0.4 is 0 Å². The van der Waals surface area contributed by atoms with Crippen molar-refractivity contribution in [1.29, 1.82) is 0 Å². The number of methoxy groups -OCH3 is 1. The number of carbonyl (C=O) groups excluding carboxylic acids is 1. The molecule has 0 aromatic carbocycles. The molecule has 0 amide bonds. The summed E-state index contributed by atoms with van der Waals surface area (Å²) in [4.78, 5) is 13.8. The number of pyridine rings is 1. The van der Waals surface area contributed by atoms with E-state index in [1.54, 1.807) is 0 Å². The Morgan fingerprint density at radius 3 is 2.53 bits per heavy atom. The molecule has 0 unspecified atom stereocenters. The van der Waals surface area contributed by atoms with Crippen molar-refractivity contribution in [1.82, 2.24) is 4.98 Å². The lowest BCUT2D eigenvalue weighted by Crippen LogP contribution is -2.10. The summed E-state index contributed by atoms with van der Waals surface area (Å²) in [7, 11) is 0.966. The molecule has 1 aromatic rings. The van der Waals surface area contributed by atoms with Crippen LogP contribution >= 0.6 is 0 Å². The van der Waals surface area contributed by atoms with E-state index in [1.165, 1.54) is 0 Å². The highest BCUT2D eigenvalue weighted by molar-refractivity contribution is 5.87. The molecule has 0 fully saturated rings. The highest BCUT2D eigenvalue weighted by Gasteiger charge is 2.22. The third kappa shape index (κ3) is 2.23. The number of carbonyl (C=O) groups is 1. The first-order valence-electron chi connectivity index (χ1n) is 3.69. The summed E-state index contributed by atoms with van der Waals surface area (Å²) in [5, 5.41) is 0. The number of ether oxygens (including phenoxy) is 1. The van der Waals surface area contributed by atoms with Crippen molar-refractivity contribution in [2.24, 2.45) is 0 Å². The molecule has 1 heterocycles. The van der Waals surface area contributed by atoms with Crippen molar-refractivity contribution in [3.05, 3.63) is 29.1 Å². The monoisotopic (exact) mass is 223 g/mol. The van der Waals surface area contributed by atoms with E-state index in [9.17, 15) is 22.4 Å². The van der Waals surface area contributed by atoms with Crippen LogP contribution in [0, 0.1) is 11.6 Å². The molecular weight excluding hydrogens is 218 g/mol. The van der Waals surface area contributed by atoms with Gasteiger partial charge in [0.2, 0.25) is 0 Å². The van der Waals surface area contributed by atoms with Gasteiger partial charge in [-0.3, -0.25) is 0 Å². The van der Waals surface area contributed by atoms with Crippen LogP contribution in [0.4, 0.5) is 17.6 Å². The second-order valence-electron chi connectivity index (χ2n) is 2.48. The molecule has 0 spiro atoms. The molecule has 0 N–H and O–H groups in total. The number of esters is 1. The lowest BCUT2D eigenvalue weighted by atomic mass is 10.2. The van der Waals surface area contributed by atoms with Crippen molar-refractivity contribution in [2.45, 2.75) is 6.43 Å². The number of alkyl halides is 2. The van der Waals surface area contributed by atoms with E-state index in [4.69, 9.17) is 0 Å². The molecule has 0 bridgehead atoms. The molecule has 7 heteroatoms. The van der Waals surface area contributed by atoms with Crippen molar-refractivity contribution in [2.75, 3.05) is 7.11 Å². The maximum Gasteiger partial charge on any atom is 0.356 e. The highest BCUT2D eigenvalue weighted by Crippen LogP contribution is 2.22. The predicted molar refractivity (Wildman–Crippen MR) is 40.4 cm³/mol. The number of hydrogen-bond donors (Lipinski definition) is 0. The molecule has 0 aliphatic heterocycles. The Balaban J connectivity index is 3.29. The summed E-state index contributed by atoms with van der Waals surface area (Å²) in [5.41, 5.74) is -2.11. The number of halogens is 4. The Labute approximate surface area is 81.7 Å². The van der Waals surface area contributed by atoms with Crippen molar-refractivity contribution in [3.8, 4) is 0 Å². The Morgan fingerprint density at radius 1 is 1.47 bits per heavy atom. The number of nitrogens with zero attached hydrogens (tertiary/aromatic N) is 1. The summed E-state index contributed by atoms with van der Waals surface area (Å²) in [6.07, 6.45) is -3.30. The largest absolute Gasteiger partial charge is 0.464 e. The van der Waals surface area contributed by atoms with Crippen LogP contribution in [0.25, 0.3) is 0 Å². The average Bonchev–Trinajstić information content (AvgIpc) is 2.20. The van der Waals surface area contributed by atoms with Gasteiger partial charge < -0.3 is 4.74 Å². The Morgan fingerprint density at radius 2 is 2.07 bits per heavy atom. The molecular formula is C8H5F4NO2. The van der Waals surface area contributed by atoms with Gasteiger partial charge in [0, 0.05) is 6.07 Å². The quantitative estimate of drug-likeness (QED) is 0.569. The Bertz CT molecular complexity index is 394. The van der Waals surface area contributed by atoms with Gasteiger partial charge in [-0.2, -0.15) is 0 Å². The fourth-order valence-electron chi connectivity index (χ4n) is 0.871. The molecule has 0 saturated carbocycles. The average molecular weight is 223 g/mol. The van der Waals surface area contributed by atoms with Gasteiger partial charge in [0.05, 0.1) is 7.11 Å². The van der Waals surface area contributed by atoms with Crippen LogP contribution in [0.5, 0.6) is 0 Å². The fraction of sp³-hybridized carbons (Fsp3) is 0.250. The maximum absolute atomic E-state index is 12.7. The minimum absolute atomic E-state index is 0.396. The van der Waals surface area contributed by atoms with Crippen molar-refractivity contribution < 1.29 is 27.1 Å². The zero-order chi connectivity index (χ0) is 11.6. The van der Waals surface area contributed by atoms with E-state index < -0.39 is 35.4 Å². The minimum atomic E-state index is -3.30. The predicted octanol–water partition coefficient (Wildman–Crippen LogP) is 2.08. The second-order valence-corrected chi connectivity index (χ2v) is 2.48. The standard InChI is InChI=1S/C8H5F4NO2/c1-15-8(14)4-2-3(9)5(10)6(13-4)7(11)12/h2,7H,1H3. The van der Waals surface area contributed by atoms with E-state index in [-0.39, 0.29) is 0 Å². The van der Waals surface area contributed by atoms with Gasteiger partial charge in [0.1, 0.15) is 5.69 Å². The van der Waals surface area contributed by atoms with Crippen molar-refractivity contribution in [3.63, 3.8) is 0 Å².